The smallest absolute Gasteiger partial charge is 0.257 e. The van der Waals surface area contributed by atoms with Crippen LogP contribution in [0.4, 0.5) is 0 Å². The van der Waals surface area contributed by atoms with Crippen LogP contribution in [0, 0.1) is 16.7 Å². The molecule has 6 nitrogen and oxygen atoms in total. The summed E-state index contributed by atoms with van der Waals surface area (Å²) in [5.74, 6) is -0.592. The van der Waals surface area contributed by atoms with E-state index in [0.717, 1.165) is 0 Å². The predicted octanol–water partition coefficient (Wildman–Crippen LogP) is 1.27. The highest BCUT2D eigenvalue weighted by molar-refractivity contribution is 6.06. The zero-order valence-electron chi connectivity index (χ0n) is 9.92. The van der Waals surface area contributed by atoms with Gasteiger partial charge in [-0.2, -0.15) is 5.26 Å². The molecule has 0 aliphatic rings. The van der Waals surface area contributed by atoms with Gasteiger partial charge in [0.15, 0.2) is 0 Å². The van der Waals surface area contributed by atoms with Crippen LogP contribution in [-0.4, -0.2) is 16.5 Å². The molecule has 3 N–H and O–H groups in total. The highest BCUT2D eigenvalue weighted by Gasteiger charge is 2.08. The summed E-state index contributed by atoms with van der Waals surface area (Å²) >= 11 is 0. The highest BCUT2D eigenvalue weighted by atomic mass is 16.1. The third-order valence-electron chi connectivity index (χ3n) is 2.37. The van der Waals surface area contributed by atoms with Gasteiger partial charge < -0.3 is 0 Å². The Bertz CT molecular complexity index is 639. The molecule has 6 heteroatoms. The number of aromatic nitrogens is 1. The van der Waals surface area contributed by atoms with Crippen molar-refractivity contribution < 1.29 is 4.79 Å². The number of nitrogens with zero attached hydrogens (tertiary/aromatic N) is 2. The Morgan fingerprint density at radius 1 is 1.21 bits per heavy atom. The number of carbonyl (C=O) groups excluding carboxylic acids is 1. The minimum Gasteiger partial charge on any atom is -0.291 e. The van der Waals surface area contributed by atoms with Gasteiger partial charge in [0, 0.05) is 11.8 Å². The predicted molar refractivity (Wildman–Crippen MR) is 70.1 cm³/mol. The number of nitriles is 1. The summed E-state index contributed by atoms with van der Waals surface area (Å²) in [4.78, 5) is 11.8. The van der Waals surface area contributed by atoms with Crippen molar-refractivity contribution in [3.63, 3.8) is 0 Å². The molecule has 1 aromatic carbocycles. The lowest BCUT2D eigenvalue weighted by Crippen LogP contribution is -2.38. The van der Waals surface area contributed by atoms with Crippen LogP contribution in [0.2, 0.25) is 0 Å². The lowest BCUT2D eigenvalue weighted by atomic mass is 10.2. The Morgan fingerprint density at radius 2 is 1.95 bits per heavy atom. The fourth-order valence-corrected chi connectivity index (χ4v) is 1.49. The van der Waals surface area contributed by atoms with Crippen LogP contribution in [0.1, 0.15) is 16.1 Å². The molecule has 1 amide bonds. The molecule has 0 aliphatic carbocycles. The monoisotopic (exact) mass is 253 g/mol. The van der Waals surface area contributed by atoms with Gasteiger partial charge >= 0.3 is 0 Å². The van der Waals surface area contributed by atoms with Gasteiger partial charge in [-0.25, -0.2) is 0 Å². The number of benzene rings is 1. The molecule has 2 aromatic rings. The molecule has 0 aliphatic heterocycles. The Morgan fingerprint density at radius 3 is 2.63 bits per heavy atom. The summed E-state index contributed by atoms with van der Waals surface area (Å²) < 4.78 is 1.35. The van der Waals surface area contributed by atoms with Gasteiger partial charge in [0.1, 0.15) is 11.8 Å². The Hall–Kier alpha value is -3.07. The second-order valence-electron chi connectivity index (χ2n) is 3.68. The molecule has 0 radical (unpaired) electrons. The topological polar surface area (TPSA) is 93.7 Å². The van der Waals surface area contributed by atoms with Crippen LogP contribution >= 0.6 is 0 Å². The molecule has 0 unspecified atom stereocenters. The van der Waals surface area contributed by atoms with E-state index in [9.17, 15) is 4.79 Å². The summed E-state index contributed by atoms with van der Waals surface area (Å²) in [7, 11) is 0. The largest absolute Gasteiger partial charge is 0.291 e. The molecule has 0 spiro atoms. The van der Waals surface area contributed by atoms with E-state index in [4.69, 9.17) is 10.7 Å². The van der Waals surface area contributed by atoms with Crippen molar-refractivity contribution in [1.82, 2.24) is 9.99 Å². The van der Waals surface area contributed by atoms with E-state index >= 15 is 0 Å². The zero-order valence-corrected chi connectivity index (χ0v) is 9.92. The van der Waals surface area contributed by atoms with E-state index in [-0.39, 0.29) is 11.9 Å². The second-order valence-corrected chi connectivity index (χ2v) is 3.68. The molecule has 0 fully saturated rings. The second kappa shape index (κ2) is 5.51. The molecular weight excluding hydrogens is 242 g/mol. The third kappa shape index (κ3) is 2.98. The van der Waals surface area contributed by atoms with Crippen LogP contribution in [0.25, 0.3) is 0 Å². The van der Waals surface area contributed by atoms with Gasteiger partial charge in [0.2, 0.25) is 5.96 Å². The fourth-order valence-electron chi connectivity index (χ4n) is 1.49. The maximum atomic E-state index is 11.8. The van der Waals surface area contributed by atoms with Crippen LogP contribution in [-0.2, 0) is 0 Å². The number of nitrogens with one attached hydrogen (secondary N) is 3. The summed E-state index contributed by atoms with van der Waals surface area (Å²) in [5.41, 5.74) is 3.39. The first-order valence-electron chi connectivity index (χ1n) is 5.50. The lowest BCUT2D eigenvalue weighted by molar-refractivity contribution is 0.0976. The van der Waals surface area contributed by atoms with Crippen molar-refractivity contribution in [2.75, 3.05) is 5.43 Å². The van der Waals surface area contributed by atoms with Crippen molar-refractivity contribution >= 4 is 11.9 Å². The minimum absolute atomic E-state index is 0.207. The van der Waals surface area contributed by atoms with Gasteiger partial charge in [-0.3, -0.25) is 25.6 Å². The van der Waals surface area contributed by atoms with E-state index < -0.39 is 0 Å². The van der Waals surface area contributed by atoms with Gasteiger partial charge in [0.25, 0.3) is 5.91 Å². The van der Waals surface area contributed by atoms with Gasteiger partial charge in [0.05, 0.1) is 0 Å². The molecular formula is C13H11N5O. The maximum Gasteiger partial charge on any atom is 0.257 e. The van der Waals surface area contributed by atoms with E-state index in [2.05, 4.69) is 10.7 Å². The van der Waals surface area contributed by atoms with Crippen molar-refractivity contribution in [1.29, 1.82) is 10.7 Å². The molecule has 0 saturated carbocycles. The molecule has 19 heavy (non-hydrogen) atoms. The van der Waals surface area contributed by atoms with Gasteiger partial charge in [-0.1, -0.05) is 18.2 Å². The normalized spacial score (nSPS) is 9.42. The summed E-state index contributed by atoms with van der Waals surface area (Å²) in [6.45, 7) is 0. The quantitative estimate of drug-likeness (QED) is 0.555. The molecule has 1 heterocycles. The van der Waals surface area contributed by atoms with Crippen LogP contribution < -0.4 is 10.7 Å². The van der Waals surface area contributed by atoms with Crippen molar-refractivity contribution in [2.24, 2.45) is 0 Å². The molecule has 0 bridgehead atoms. The number of carbonyl (C=O) groups is 1. The summed E-state index contributed by atoms with van der Waals surface area (Å²) in [6, 6.07) is 13.8. The lowest BCUT2D eigenvalue weighted by Gasteiger charge is -2.10. The molecule has 0 saturated heterocycles. The average molecular weight is 253 g/mol. The summed E-state index contributed by atoms with van der Waals surface area (Å²) in [6.07, 6.45) is 1.59. The van der Waals surface area contributed by atoms with Crippen LogP contribution in [0.5, 0.6) is 0 Å². The molecule has 94 valence electrons. The van der Waals surface area contributed by atoms with Crippen molar-refractivity contribution in [3.8, 4) is 6.07 Å². The Labute approximate surface area is 109 Å². The van der Waals surface area contributed by atoms with E-state index in [1.807, 2.05) is 6.07 Å². The first kappa shape index (κ1) is 12.4. The van der Waals surface area contributed by atoms with Gasteiger partial charge in [-0.05, 0) is 24.3 Å². The number of amides is 1. The first-order chi connectivity index (χ1) is 9.20. The Kier molecular flexibility index (Phi) is 3.59. The maximum absolute atomic E-state index is 11.8. The molecule has 1 aromatic heterocycles. The molecule has 0 atom stereocenters. The first-order valence-corrected chi connectivity index (χ1v) is 5.50. The summed E-state index contributed by atoms with van der Waals surface area (Å²) in [5, 5.41) is 18.8. The SMILES string of the molecule is N#Cc1cccn1NC(=N)NC(=O)c1ccccc1. The number of hydrogen-bond acceptors (Lipinski definition) is 3. The van der Waals surface area contributed by atoms with Crippen molar-refractivity contribution in [2.45, 2.75) is 0 Å². The van der Waals surface area contributed by atoms with Crippen molar-refractivity contribution in [3.05, 3.63) is 59.9 Å². The molecule has 2 rings (SSSR count). The zero-order chi connectivity index (χ0) is 13.7. The number of guanidine groups is 1. The standard InChI is InChI=1S/C13H11N5O/c14-9-11-7-4-8-18(11)17-13(15)16-12(19)10-5-2-1-3-6-10/h1-8H,(H3,15,16,17,19). The van der Waals surface area contributed by atoms with E-state index in [1.54, 1.807) is 48.7 Å². The third-order valence-corrected chi connectivity index (χ3v) is 2.37. The van der Waals surface area contributed by atoms with Crippen LogP contribution in [0.15, 0.2) is 48.7 Å². The number of rotatable bonds is 2. The Balaban J connectivity index is 1.99. The fraction of sp³-hybridized carbons (Fsp3) is 0. The van der Waals surface area contributed by atoms with Crippen LogP contribution in [0.3, 0.4) is 0 Å². The number of hydrogen-bond donors (Lipinski definition) is 3. The highest BCUT2D eigenvalue weighted by Crippen LogP contribution is 1.99. The van der Waals surface area contributed by atoms with Gasteiger partial charge in [-0.15, -0.1) is 0 Å². The average Bonchev–Trinajstić information content (AvgIpc) is 2.86. The van der Waals surface area contributed by atoms with E-state index in [0.29, 0.717) is 11.3 Å². The van der Waals surface area contributed by atoms with E-state index in [1.165, 1.54) is 4.68 Å². The minimum atomic E-state index is -0.385.